The van der Waals surface area contributed by atoms with Crippen LogP contribution in [0.2, 0.25) is 0 Å². The number of ether oxygens (including phenoxy) is 1. The lowest BCUT2D eigenvalue weighted by molar-refractivity contribution is -0.118. The van der Waals surface area contributed by atoms with E-state index >= 15 is 0 Å². The normalized spacial score (nSPS) is 11.4. The van der Waals surface area contributed by atoms with Gasteiger partial charge in [0.1, 0.15) is 5.75 Å². The van der Waals surface area contributed by atoms with Gasteiger partial charge in [-0.05, 0) is 54.3 Å². The summed E-state index contributed by atoms with van der Waals surface area (Å²) in [6, 6.07) is 12.0. The summed E-state index contributed by atoms with van der Waals surface area (Å²) in [6.45, 7) is 13.5. The number of amides is 1. The number of nitrogens with zero attached hydrogens (tertiary/aromatic N) is 1. The molecule has 31 heavy (non-hydrogen) atoms. The molecule has 2 aromatic rings. The van der Waals surface area contributed by atoms with Crippen molar-refractivity contribution in [2.45, 2.75) is 31.6 Å². The smallest absolute Gasteiger partial charge is 0.262 e. The number of rotatable bonds is 11. The molecule has 0 bridgehead atoms. The molecule has 0 fully saturated rings. The summed E-state index contributed by atoms with van der Waals surface area (Å²) in [6.07, 6.45) is 3.04. The molecular formula is C24H30N2O4S. The molecule has 7 heteroatoms. The molecule has 0 unspecified atom stereocenters. The standard InChI is InChI=1S/C24H30N2O4S/c1-6-14-26(15-7-2)31(28,29)21-11-9-20(10-12-21)25-24(27)17-30-23-16-19(5)8-13-22(23)18(3)4/h6-13,16,18H,1-2,14-15,17H2,3-5H3,(H,25,27). The maximum Gasteiger partial charge on any atom is 0.262 e. The van der Waals surface area contributed by atoms with Crippen LogP contribution >= 0.6 is 0 Å². The number of sulfonamides is 1. The van der Waals surface area contributed by atoms with E-state index in [1.807, 2.05) is 25.1 Å². The lowest BCUT2D eigenvalue weighted by Gasteiger charge is -2.19. The van der Waals surface area contributed by atoms with Crippen molar-refractivity contribution in [2.24, 2.45) is 0 Å². The number of aryl methyl sites for hydroxylation is 1. The Morgan fingerprint density at radius 2 is 1.71 bits per heavy atom. The van der Waals surface area contributed by atoms with Crippen LogP contribution in [0.4, 0.5) is 5.69 Å². The van der Waals surface area contributed by atoms with Gasteiger partial charge in [0.15, 0.2) is 6.61 Å². The largest absolute Gasteiger partial charge is 0.483 e. The molecule has 0 aromatic heterocycles. The Bertz CT molecular complexity index is 1020. The highest BCUT2D eigenvalue weighted by molar-refractivity contribution is 7.89. The first kappa shape index (κ1) is 24.4. The van der Waals surface area contributed by atoms with E-state index in [0.29, 0.717) is 11.4 Å². The lowest BCUT2D eigenvalue weighted by Crippen LogP contribution is -2.31. The van der Waals surface area contributed by atoms with Crippen LogP contribution in [0.1, 0.15) is 30.9 Å². The Morgan fingerprint density at radius 3 is 2.26 bits per heavy atom. The van der Waals surface area contributed by atoms with E-state index in [4.69, 9.17) is 4.74 Å². The molecular weight excluding hydrogens is 412 g/mol. The van der Waals surface area contributed by atoms with Gasteiger partial charge in [-0.15, -0.1) is 13.2 Å². The van der Waals surface area contributed by atoms with Crippen LogP contribution < -0.4 is 10.1 Å². The highest BCUT2D eigenvalue weighted by Gasteiger charge is 2.22. The number of anilines is 1. The van der Waals surface area contributed by atoms with Gasteiger partial charge in [-0.2, -0.15) is 4.31 Å². The molecule has 1 amide bonds. The van der Waals surface area contributed by atoms with Crippen LogP contribution in [0.15, 0.2) is 72.7 Å². The Morgan fingerprint density at radius 1 is 1.10 bits per heavy atom. The van der Waals surface area contributed by atoms with Crippen LogP contribution in [0.5, 0.6) is 5.75 Å². The Hall–Kier alpha value is -2.90. The number of carbonyl (C=O) groups excluding carboxylic acids is 1. The van der Waals surface area contributed by atoms with Crippen molar-refractivity contribution in [1.82, 2.24) is 4.31 Å². The van der Waals surface area contributed by atoms with Crippen molar-refractivity contribution in [2.75, 3.05) is 25.0 Å². The summed E-state index contributed by atoms with van der Waals surface area (Å²) >= 11 is 0. The second-order valence-electron chi connectivity index (χ2n) is 7.46. The zero-order valence-corrected chi connectivity index (χ0v) is 19.1. The first-order chi connectivity index (χ1) is 14.7. The zero-order chi connectivity index (χ0) is 23.0. The summed E-state index contributed by atoms with van der Waals surface area (Å²) in [5.41, 5.74) is 2.58. The molecule has 0 radical (unpaired) electrons. The number of hydrogen-bond acceptors (Lipinski definition) is 4. The van der Waals surface area contributed by atoms with Crippen LogP contribution in [-0.4, -0.2) is 38.3 Å². The fourth-order valence-corrected chi connectivity index (χ4v) is 4.38. The minimum atomic E-state index is -3.68. The monoisotopic (exact) mass is 442 g/mol. The molecule has 0 atom stereocenters. The molecule has 0 aliphatic rings. The van der Waals surface area contributed by atoms with Crippen molar-refractivity contribution < 1.29 is 17.9 Å². The third-order valence-corrected chi connectivity index (χ3v) is 6.44. The molecule has 2 rings (SSSR count). The minimum Gasteiger partial charge on any atom is -0.483 e. The number of nitrogens with one attached hydrogen (secondary N) is 1. The first-order valence-corrected chi connectivity index (χ1v) is 11.5. The maximum absolute atomic E-state index is 12.7. The van der Waals surface area contributed by atoms with E-state index in [-0.39, 0.29) is 36.4 Å². The number of hydrogen-bond donors (Lipinski definition) is 1. The summed E-state index contributed by atoms with van der Waals surface area (Å²) in [5.74, 6) is 0.637. The highest BCUT2D eigenvalue weighted by atomic mass is 32.2. The predicted octanol–water partition coefficient (Wildman–Crippen LogP) is 4.50. The third-order valence-electron chi connectivity index (χ3n) is 4.59. The van der Waals surface area contributed by atoms with E-state index < -0.39 is 10.0 Å². The zero-order valence-electron chi connectivity index (χ0n) is 18.3. The van der Waals surface area contributed by atoms with Crippen molar-refractivity contribution in [3.05, 3.63) is 78.9 Å². The summed E-state index contributed by atoms with van der Waals surface area (Å²) in [4.78, 5) is 12.5. The Labute approximate surface area is 185 Å². The van der Waals surface area contributed by atoms with Gasteiger partial charge in [0, 0.05) is 18.8 Å². The molecule has 166 valence electrons. The second-order valence-corrected chi connectivity index (χ2v) is 9.39. The van der Waals surface area contributed by atoms with Gasteiger partial charge < -0.3 is 10.1 Å². The van der Waals surface area contributed by atoms with E-state index in [9.17, 15) is 13.2 Å². The van der Waals surface area contributed by atoms with Gasteiger partial charge in [0.25, 0.3) is 5.91 Å². The molecule has 6 nitrogen and oxygen atoms in total. The van der Waals surface area contributed by atoms with Gasteiger partial charge in [-0.25, -0.2) is 8.42 Å². The van der Waals surface area contributed by atoms with Gasteiger partial charge in [0.05, 0.1) is 4.90 Å². The van der Waals surface area contributed by atoms with E-state index in [1.54, 1.807) is 12.1 Å². The third kappa shape index (κ3) is 6.54. The van der Waals surface area contributed by atoms with E-state index in [1.165, 1.54) is 28.6 Å². The van der Waals surface area contributed by atoms with Gasteiger partial charge >= 0.3 is 0 Å². The average Bonchev–Trinajstić information content (AvgIpc) is 2.72. The second kappa shape index (κ2) is 10.9. The number of carbonyl (C=O) groups is 1. The Kier molecular flexibility index (Phi) is 8.59. The van der Waals surface area contributed by atoms with Crippen LogP contribution in [-0.2, 0) is 14.8 Å². The first-order valence-electron chi connectivity index (χ1n) is 10.0. The molecule has 0 heterocycles. The van der Waals surface area contributed by atoms with Crippen molar-refractivity contribution >= 4 is 21.6 Å². The fourth-order valence-electron chi connectivity index (χ4n) is 3.00. The van der Waals surface area contributed by atoms with E-state index in [0.717, 1.165) is 11.1 Å². The van der Waals surface area contributed by atoms with Crippen molar-refractivity contribution in [3.8, 4) is 5.75 Å². The summed E-state index contributed by atoms with van der Waals surface area (Å²) < 4.78 is 32.5. The molecule has 0 spiro atoms. The van der Waals surface area contributed by atoms with Crippen LogP contribution in [0.25, 0.3) is 0 Å². The van der Waals surface area contributed by atoms with Gasteiger partial charge in [0.2, 0.25) is 10.0 Å². The van der Waals surface area contributed by atoms with Gasteiger partial charge in [-0.3, -0.25) is 4.79 Å². The van der Waals surface area contributed by atoms with Crippen molar-refractivity contribution in [3.63, 3.8) is 0 Å². The van der Waals surface area contributed by atoms with Crippen LogP contribution in [0.3, 0.4) is 0 Å². The molecule has 0 saturated heterocycles. The minimum absolute atomic E-state index is 0.131. The Balaban J connectivity index is 2.05. The van der Waals surface area contributed by atoms with Crippen molar-refractivity contribution in [1.29, 1.82) is 0 Å². The molecule has 0 aliphatic heterocycles. The summed E-state index contributed by atoms with van der Waals surface area (Å²) in [7, 11) is -3.68. The van der Waals surface area contributed by atoms with Crippen LogP contribution in [0, 0.1) is 6.92 Å². The molecule has 0 aliphatic carbocycles. The maximum atomic E-state index is 12.7. The quantitative estimate of drug-likeness (QED) is 0.520. The fraction of sp³-hybridized carbons (Fsp3) is 0.292. The molecule has 0 saturated carbocycles. The van der Waals surface area contributed by atoms with E-state index in [2.05, 4.69) is 32.3 Å². The number of benzene rings is 2. The highest BCUT2D eigenvalue weighted by Crippen LogP contribution is 2.27. The average molecular weight is 443 g/mol. The predicted molar refractivity (Wildman–Crippen MR) is 125 cm³/mol. The SMILES string of the molecule is C=CCN(CC=C)S(=O)(=O)c1ccc(NC(=O)COc2cc(C)ccc2C(C)C)cc1. The molecule has 2 aromatic carbocycles. The molecule has 1 N–H and O–H groups in total. The van der Waals surface area contributed by atoms with Gasteiger partial charge in [-0.1, -0.05) is 38.1 Å². The summed E-state index contributed by atoms with van der Waals surface area (Å²) in [5, 5.41) is 2.73. The topological polar surface area (TPSA) is 75.7 Å². The lowest BCUT2D eigenvalue weighted by atomic mass is 10.0.